The van der Waals surface area contributed by atoms with Crippen LogP contribution < -0.4 is 5.32 Å². The highest BCUT2D eigenvalue weighted by Gasteiger charge is 2.28. The number of amides is 1. The smallest absolute Gasteiger partial charge is 0.410 e. The molecule has 0 saturated carbocycles. The van der Waals surface area contributed by atoms with E-state index in [1.807, 2.05) is 49.5 Å². The van der Waals surface area contributed by atoms with Gasteiger partial charge in [0.1, 0.15) is 17.2 Å². The fraction of sp³-hybridized carbons (Fsp3) is 0.556. The van der Waals surface area contributed by atoms with Crippen molar-refractivity contribution < 1.29 is 14.3 Å². The molecule has 2 aliphatic heterocycles. The highest BCUT2D eigenvalue weighted by Crippen LogP contribution is 2.34. The average molecular weight is 527 g/mol. The second-order valence-electron chi connectivity index (χ2n) is 10.9. The number of piperidine rings is 1. The number of rotatable bonds is 4. The van der Waals surface area contributed by atoms with Crippen molar-refractivity contribution in [3.8, 4) is 5.82 Å². The third-order valence-electron chi connectivity index (χ3n) is 6.87. The first kappa shape index (κ1) is 27.2. The van der Waals surface area contributed by atoms with Gasteiger partial charge in [0.15, 0.2) is 5.82 Å². The number of fused-ring (bicyclic) bond motifs is 1. The molecule has 1 atom stereocenters. The molecule has 0 bridgehead atoms. The largest absolute Gasteiger partial charge is 0.444 e. The van der Waals surface area contributed by atoms with E-state index in [4.69, 9.17) is 9.47 Å². The summed E-state index contributed by atoms with van der Waals surface area (Å²) in [5.74, 6) is 2.61. The van der Waals surface area contributed by atoms with Crippen molar-refractivity contribution >= 4 is 36.3 Å². The maximum atomic E-state index is 12.5. The number of aromatic nitrogens is 4. The van der Waals surface area contributed by atoms with Gasteiger partial charge in [0.05, 0.1) is 24.4 Å². The summed E-state index contributed by atoms with van der Waals surface area (Å²) in [5, 5.41) is 9.23. The summed E-state index contributed by atoms with van der Waals surface area (Å²) >= 11 is 0. The molecule has 2 fully saturated rings. The van der Waals surface area contributed by atoms with E-state index in [0.29, 0.717) is 31.4 Å². The molecule has 4 heterocycles. The molecule has 1 amide bonds. The van der Waals surface area contributed by atoms with Gasteiger partial charge in [-0.1, -0.05) is 0 Å². The fourth-order valence-corrected chi connectivity index (χ4v) is 5.12. The van der Waals surface area contributed by atoms with Gasteiger partial charge in [-0.25, -0.2) is 19.4 Å². The molecule has 10 heteroatoms. The molecule has 1 N–H and O–H groups in total. The summed E-state index contributed by atoms with van der Waals surface area (Å²) in [4.78, 5) is 23.6. The molecule has 0 aliphatic carbocycles. The van der Waals surface area contributed by atoms with Gasteiger partial charge in [-0.3, -0.25) is 0 Å². The molecule has 1 aromatic carbocycles. The molecule has 2 aromatic heterocycles. The molecule has 5 rings (SSSR count). The van der Waals surface area contributed by atoms with E-state index in [2.05, 4.69) is 39.4 Å². The summed E-state index contributed by atoms with van der Waals surface area (Å²) in [5.41, 5.74) is 3.10. The molecule has 2 saturated heterocycles. The Morgan fingerprint density at radius 3 is 2.54 bits per heavy atom. The van der Waals surface area contributed by atoms with E-state index in [9.17, 15) is 4.79 Å². The Bertz CT molecular complexity index is 1260. The molecule has 0 spiro atoms. The summed E-state index contributed by atoms with van der Waals surface area (Å²) < 4.78 is 13.0. The van der Waals surface area contributed by atoms with E-state index in [-0.39, 0.29) is 25.6 Å². The van der Waals surface area contributed by atoms with Gasteiger partial charge < -0.3 is 19.7 Å². The topological polar surface area (TPSA) is 94.4 Å². The lowest BCUT2D eigenvalue weighted by atomic mass is 9.86. The van der Waals surface area contributed by atoms with Crippen LogP contribution in [0.15, 0.2) is 24.4 Å². The first-order valence-electron chi connectivity index (χ1n) is 12.8. The second kappa shape index (κ2) is 10.9. The van der Waals surface area contributed by atoms with Gasteiger partial charge in [0.25, 0.3) is 0 Å². The van der Waals surface area contributed by atoms with Gasteiger partial charge in [-0.15, -0.1) is 0 Å². The highest BCUT2D eigenvalue weighted by atomic mass is 32.1. The van der Waals surface area contributed by atoms with Gasteiger partial charge in [0, 0.05) is 31.1 Å². The number of likely N-dealkylation sites (tertiary alicyclic amines) is 1. The van der Waals surface area contributed by atoms with Crippen molar-refractivity contribution in [1.29, 1.82) is 0 Å². The van der Waals surface area contributed by atoms with Crippen molar-refractivity contribution in [3.63, 3.8) is 0 Å². The molecule has 200 valence electrons. The third-order valence-corrected chi connectivity index (χ3v) is 6.87. The minimum Gasteiger partial charge on any atom is -0.444 e. The molecule has 0 radical (unpaired) electrons. The number of carbonyl (C=O) groups excluding carboxylic acids is 1. The molecule has 2 aliphatic rings. The Morgan fingerprint density at radius 2 is 1.86 bits per heavy atom. The number of benzene rings is 1. The zero-order valence-corrected chi connectivity index (χ0v) is 23.4. The van der Waals surface area contributed by atoms with Crippen LogP contribution in [0.3, 0.4) is 0 Å². The first-order chi connectivity index (χ1) is 17.2. The summed E-state index contributed by atoms with van der Waals surface area (Å²) in [6.07, 6.45) is 4.46. The van der Waals surface area contributed by atoms with Crippen molar-refractivity contribution in [3.05, 3.63) is 41.3 Å². The van der Waals surface area contributed by atoms with E-state index >= 15 is 0 Å². The monoisotopic (exact) mass is 526 g/mol. The van der Waals surface area contributed by atoms with E-state index in [1.54, 1.807) is 0 Å². The van der Waals surface area contributed by atoms with Crippen LogP contribution in [0, 0.1) is 13.8 Å². The quantitative estimate of drug-likeness (QED) is 0.519. The van der Waals surface area contributed by atoms with Crippen LogP contribution in [0.25, 0.3) is 16.7 Å². The summed E-state index contributed by atoms with van der Waals surface area (Å²) in [6, 6.07) is 6.68. The zero-order chi connectivity index (χ0) is 25.4. The number of hydrogen-bond acceptors (Lipinski definition) is 7. The lowest BCUT2D eigenvalue weighted by Crippen LogP contribution is -2.41. The Labute approximate surface area is 225 Å². The lowest BCUT2D eigenvalue weighted by Gasteiger charge is -2.34. The highest BCUT2D eigenvalue weighted by molar-refractivity contribution is 7.59. The number of carbonyl (C=O) groups is 1. The number of nitrogens with one attached hydrogen (secondary N) is 1. The molecule has 37 heavy (non-hydrogen) atoms. The normalized spacial score (nSPS) is 18.6. The van der Waals surface area contributed by atoms with Crippen LogP contribution in [-0.4, -0.2) is 68.7 Å². The Hall–Kier alpha value is -2.85. The van der Waals surface area contributed by atoms with Crippen LogP contribution >= 0.6 is 13.5 Å². The van der Waals surface area contributed by atoms with Crippen molar-refractivity contribution in [1.82, 2.24) is 24.6 Å². The van der Waals surface area contributed by atoms with Gasteiger partial charge in [-0.2, -0.15) is 18.6 Å². The standard InChI is InChI=1S/C27H36N6O3.H2S/c1-17-12-20-15-28-33(25-14-24(29-18(2)30-25)31-21-8-11-35-16-21)23(20)13-22(17)19-6-9-32(10-7-19)26(34)36-27(3,4)5;/h12-15,19,21H,6-11,16H2,1-5H3,(H,29,30,31);1H2/t21-;/m0./s1. The number of aryl methyl sites for hydroxylation is 2. The maximum absolute atomic E-state index is 12.5. The van der Waals surface area contributed by atoms with Crippen LogP contribution in [0.2, 0.25) is 0 Å². The zero-order valence-electron chi connectivity index (χ0n) is 22.4. The minimum atomic E-state index is -0.479. The number of ether oxygens (including phenoxy) is 2. The Kier molecular flexibility index (Phi) is 7.99. The molecule has 3 aromatic rings. The predicted molar refractivity (Wildman–Crippen MR) is 149 cm³/mol. The van der Waals surface area contributed by atoms with Crippen molar-refractivity contribution in [2.75, 3.05) is 31.6 Å². The Balaban J connectivity index is 0.00000320. The van der Waals surface area contributed by atoms with E-state index in [0.717, 1.165) is 48.4 Å². The van der Waals surface area contributed by atoms with E-state index < -0.39 is 5.60 Å². The second-order valence-corrected chi connectivity index (χ2v) is 10.9. The lowest BCUT2D eigenvalue weighted by molar-refractivity contribution is 0.0205. The molecular formula is C27H38N6O3S. The molecule has 9 nitrogen and oxygen atoms in total. The van der Waals surface area contributed by atoms with Crippen molar-refractivity contribution in [2.24, 2.45) is 0 Å². The number of hydrogen-bond donors (Lipinski definition) is 1. The first-order valence-corrected chi connectivity index (χ1v) is 12.8. The summed E-state index contributed by atoms with van der Waals surface area (Å²) in [7, 11) is 0. The van der Waals surface area contributed by atoms with Gasteiger partial charge in [0.2, 0.25) is 0 Å². The average Bonchev–Trinajstić information content (AvgIpc) is 3.46. The van der Waals surface area contributed by atoms with Crippen molar-refractivity contribution in [2.45, 2.75) is 71.4 Å². The Morgan fingerprint density at radius 1 is 1.11 bits per heavy atom. The van der Waals surface area contributed by atoms with Crippen LogP contribution in [0.1, 0.15) is 62.9 Å². The number of anilines is 1. The SMILES string of the molecule is Cc1nc(N[C@H]2CCOC2)cc(-n2ncc3cc(C)c(C4CCN(C(=O)OC(C)(C)C)CC4)cc32)n1.S. The predicted octanol–water partition coefficient (Wildman–Crippen LogP) is 4.86. The summed E-state index contributed by atoms with van der Waals surface area (Å²) in [6.45, 7) is 12.6. The fourth-order valence-electron chi connectivity index (χ4n) is 5.12. The van der Waals surface area contributed by atoms with Crippen LogP contribution in [-0.2, 0) is 9.47 Å². The minimum absolute atomic E-state index is 0. The van der Waals surface area contributed by atoms with Crippen LogP contribution in [0.5, 0.6) is 0 Å². The number of nitrogens with zero attached hydrogens (tertiary/aromatic N) is 5. The van der Waals surface area contributed by atoms with Gasteiger partial charge in [-0.05, 0) is 83.1 Å². The van der Waals surface area contributed by atoms with Crippen LogP contribution in [0.4, 0.5) is 10.6 Å². The van der Waals surface area contributed by atoms with Gasteiger partial charge >= 0.3 is 6.09 Å². The molecular weight excluding hydrogens is 488 g/mol. The van der Waals surface area contributed by atoms with E-state index in [1.165, 1.54) is 11.1 Å². The maximum Gasteiger partial charge on any atom is 0.410 e. The molecule has 0 unspecified atom stereocenters. The third kappa shape index (κ3) is 6.18.